The summed E-state index contributed by atoms with van der Waals surface area (Å²) in [6.07, 6.45) is 1.83. The minimum Gasteiger partial charge on any atom is -0.619 e. The van der Waals surface area contributed by atoms with E-state index in [0.717, 1.165) is 20.6 Å². The SMILES string of the molecule is CC(C)(C)CC(NC(=O)Oc1csc2ccccc12)C(=O)N1CCC2C1C(=O)CN2S(=O)(=O)c1ccc[n+]([O-])c1. The minimum atomic E-state index is -4.15. The molecule has 3 aromatic rings. The van der Waals surface area contributed by atoms with Gasteiger partial charge in [-0.25, -0.2) is 13.2 Å². The number of aromatic nitrogens is 1. The van der Waals surface area contributed by atoms with Gasteiger partial charge in [0.1, 0.15) is 17.0 Å². The predicted octanol–water partition coefficient (Wildman–Crippen LogP) is 2.67. The van der Waals surface area contributed by atoms with Gasteiger partial charge in [-0.15, -0.1) is 11.3 Å². The average molecular weight is 587 g/mol. The van der Waals surface area contributed by atoms with Crippen molar-refractivity contribution in [2.75, 3.05) is 13.1 Å². The van der Waals surface area contributed by atoms with Crippen LogP contribution in [0.25, 0.3) is 10.1 Å². The maximum Gasteiger partial charge on any atom is 0.413 e. The van der Waals surface area contributed by atoms with E-state index in [1.807, 2.05) is 45.0 Å². The zero-order chi connectivity index (χ0) is 28.8. The topological polar surface area (TPSA) is 140 Å². The van der Waals surface area contributed by atoms with Crippen LogP contribution in [0.5, 0.6) is 5.75 Å². The molecule has 0 spiro atoms. The second-order valence-corrected chi connectivity index (χ2v) is 14.0. The van der Waals surface area contributed by atoms with Gasteiger partial charge in [0.25, 0.3) is 0 Å². The molecule has 3 unspecified atom stereocenters. The number of nitrogens with zero attached hydrogens (tertiary/aromatic N) is 3. The smallest absolute Gasteiger partial charge is 0.413 e. The maximum absolute atomic E-state index is 13.8. The molecule has 2 aliphatic heterocycles. The van der Waals surface area contributed by atoms with Crippen LogP contribution in [-0.4, -0.2) is 66.6 Å². The van der Waals surface area contributed by atoms with Gasteiger partial charge in [0, 0.05) is 28.1 Å². The van der Waals surface area contributed by atoms with Crippen LogP contribution in [0.1, 0.15) is 33.6 Å². The second-order valence-electron chi connectivity index (χ2n) is 11.2. The van der Waals surface area contributed by atoms with Crippen molar-refractivity contribution in [3.05, 3.63) is 59.4 Å². The lowest BCUT2D eigenvalue weighted by molar-refractivity contribution is -0.607. The van der Waals surface area contributed by atoms with E-state index in [1.165, 1.54) is 34.6 Å². The van der Waals surface area contributed by atoms with Crippen LogP contribution in [0.15, 0.2) is 59.1 Å². The summed E-state index contributed by atoms with van der Waals surface area (Å²) < 4.78 is 34.6. The molecule has 2 aliphatic rings. The molecule has 3 atom stereocenters. The zero-order valence-corrected chi connectivity index (χ0v) is 23.9. The van der Waals surface area contributed by atoms with E-state index in [-0.39, 0.29) is 29.7 Å². The van der Waals surface area contributed by atoms with E-state index >= 15 is 0 Å². The number of likely N-dealkylation sites (tertiary alicyclic amines) is 1. The number of hydrogen-bond donors (Lipinski definition) is 1. The Kier molecular flexibility index (Phi) is 7.31. The van der Waals surface area contributed by atoms with Gasteiger partial charge < -0.3 is 20.2 Å². The van der Waals surface area contributed by atoms with Crippen LogP contribution >= 0.6 is 11.3 Å². The number of ketones is 1. The Labute approximate surface area is 236 Å². The van der Waals surface area contributed by atoms with Crippen molar-refractivity contribution in [3.63, 3.8) is 0 Å². The molecular formula is C27H30N4O7S2. The van der Waals surface area contributed by atoms with Crippen LogP contribution in [0.3, 0.4) is 0 Å². The highest BCUT2D eigenvalue weighted by molar-refractivity contribution is 7.89. The summed E-state index contributed by atoms with van der Waals surface area (Å²) >= 11 is 1.43. The number of carbonyl (C=O) groups is 3. The molecule has 40 heavy (non-hydrogen) atoms. The van der Waals surface area contributed by atoms with E-state index in [4.69, 9.17) is 4.74 Å². The Morgan fingerprint density at radius 2 is 1.98 bits per heavy atom. The molecule has 2 fully saturated rings. The van der Waals surface area contributed by atoms with Crippen molar-refractivity contribution < 1.29 is 32.3 Å². The summed E-state index contributed by atoms with van der Waals surface area (Å²) in [6, 6.07) is 7.36. The third-order valence-electron chi connectivity index (χ3n) is 7.07. The monoisotopic (exact) mass is 586 g/mol. The molecule has 1 N–H and O–H groups in total. The summed E-state index contributed by atoms with van der Waals surface area (Å²) in [4.78, 5) is 41.0. The fourth-order valence-electron chi connectivity index (χ4n) is 5.38. The fourth-order valence-corrected chi connectivity index (χ4v) is 7.87. The van der Waals surface area contributed by atoms with Crippen molar-refractivity contribution in [1.29, 1.82) is 0 Å². The molecule has 0 aliphatic carbocycles. The highest BCUT2D eigenvalue weighted by Gasteiger charge is 2.54. The molecular weight excluding hydrogens is 556 g/mol. The number of rotatable bonds is 6. The van der Waals surface area contributed by atoms with Gasteiger partial charge in [0.2, 0.25) is 15.9 Å². The van der Waals surface area contributed by atoms with Gasteiger partial charge in [0.15, 0.2) is 23.9 Å². The Morgan fingerprint density at radius 3 is 2.70 bits per heavy atom. The van der Waals surface area contributed by atoms with Crippen molar-refractivity contribution in [1.82, 2.24) is 14.5 Å². The van der Waals surface area contributed by atoms with Crippen LogP contribution in [-0.2, 0) is 19.6 Å². The van der Waals surface area contributed by atoms with Crippen LogP contribution in [0.4, 0.5) is 4.79 Å². The van der Waals surface area contributed by atoms with Crippen molar-refractivity contribution in [2.24, 2.45) is 5.41 Å². The van der Waals surface area contributed by atoms with E-state index in [0.29, 0.717) is 10.5 Å². The molecule has 2 aromatic heterocycles. The number of thiophene rings is 1. The third-order valence-corrected chi connectivity index (χ3v) is 9.87. The van der Waals surface area contributed by atoms with E-state index < -0.39 is 52.5 Å². The number of hydrogen-bond acceptors (Lipinski definition) is 8. The lowest BCUT2D eigenvalue weighted by atomic mass is 9.87. The number of sulfonamides is 1. The van der Waals surface area contributed by atoms with Crippen LogP contribution in [0, 0.1) is 10.6 Å². The summed E-state index contributed by atoms with van der Waals surface area (Å²) in [6.45, 7) is 5.53. The Balaban J connectivity index is 1.35. The molecule has 4 heterocycles. The first-order valence-electron chi connectivity index (χ1n) is 12.8. The van der Waals surface area contributed by atoms with Gasteiger partial charge in [-0.3, -0.25) is 9.59 Å². The Morgan fingerprint density at radius 1 is 1.23 bits per heavy atom. The lowest BCUT2D eigenvalue weighted by Crippen LogP contribution is -2.54. The highest BCUT2D eigenvalue weighted by Crippen LogP contribution is 2.35. The first-order valence-corrected chi connectivity index (χ1v) is 15.2. The lowest BCUT2D eigenvalue weighted by Gasteiger charge is -2.31. The van der Waals surface area contributed by atoms with Gasteiger partial charge >= 0.3 is 6.09 Å². The number of carbonyl (C=O) groups excluding carboxylic acids is 3. The number of amides is 2. The van der Waals surface area contributed by atoms with E-state index in [2.05, 4.69) is 5.32 Å². The zero-order valence-electron chi connectivity index (χ0n) is 22.3. The van der Waals surface area contributed by atoms with Crippen LogP contribution in [0.2, 0.25) is 0 Å². The van der Waals surface area contributed by atoms with Crippen LogP contribution < -0.4 is 14.8 Å². The Hall–Kier alpha value is -3.55. The third kappa shape index (κ3) is 5.40. The largest absolute Gasteiger partial charge is 0.619 e. The van der Waals surface area contributed by atoms with Gasteiger partial charge in [-0.1, -0.05) is 32.9 Å². The molecule has 1 aromatic carbocycles. The van der Waals surface area contributed by atoms with E-state index in [9.17, 15) is 28.0 Å². The summed E-state index contributed by atoms with van der Waals surface area (Å²) in [5.41, 5.74) is -0.363. The summed E-state index contributed by atoms with van der Waals surface area (Å²) in [7, 11) is -4.15. The average Bonchev–Trinajstić information content (AvgIpc) is 3.58. The second kappa shape index (κ2) is 10.5. The van der Waals surface area contributed by atoms with Gasteiger partial charge in [0.05, 0.1) is 12.6 Å². The number of ether oxygens (including phenoxy) is 1. The van der Waals surface area contributed by atoms with E-state index in [1.54, 1.807) is 5.38 Å². The standard InChI is InChI=1S/C27H30N4O7S2/c1-27(2,3)13-19(28-26(34)38-22-16-39-23-9-5-4-8-18(22)23)25(33)30-12-10-20-24(30)21(32)15-31(20)40(36,37)17-7-6-11-29(35)14-17/h4-9,11,14,16,19-20,24H,10,12-13,15H2,1-3H3,(H,28,34). The predicted molar refractivity (Wildman–Crippen MR) is 147 cm³/mol. The fraction of sp³-hybridized carbons (Fsp3) is 0.407. The van der Waals surface area contributed by atoms with Crippen molar-refractivity contribution in [3.8, 4) is 5.75 Å². The number of nitrogens with one attached hydrogen (secondary N) is 1. The molecule has 212 valence electrons. The van der Waals surface area contributed by atoms with Gasteiger partial charge in [-0.05, 0) is 36.5 Å². The minimum absolute atomic E-state index is 0.148. The summed E-state index contributed by atoms with van der Waals surface area (Å²) in [5.74, 6) is -0.500. The molecule has 0 radical (unpaired) electrons. The summed E-state index contributed by atoms with van der Waals surface area (Å²) in [5, 5.41) is 16.9. The van der Waals surface area contributed by atoms with Crippen molar-refractivity contribution >= 4 is 49.2 Å². The molecule has 2 saturated heterocycles. The number of Topliss-reactive ketones (excluding diaryl/α,β-unsaturated/α-hetero) is 1. The number of benzene rings is 1. The normalized spacial score (nSPS) is 20.5. The van der Waals surface area contributed by atoms with Crippen molar-refractivity contribution in [2.45, 2.75) is 56.6 Å². The molecule has 5 rings (SSSR count). The first-order chi connectivity index (χ1) is 18.8. The molecule has 2 amide bonds. The first kappa shape index (κ1) is 28.0. The molecule has 11 nitrogen and oxygen atoms in total. The quantitative estimate of drug-likeness (QED) is 0.346. The maximum atomic E-state index is 13.8. The molecule has 0 bridgehead atoms. The van der Waals surface area contributed by atoms with Gasteiger partial charge in [-0.2, -0.15) is 9.04 Å². The highest BCUT2D eigenvalue weighted by atomic mass is 32.2. The molecule has 13 heteroatoms. The Bertz CT molecular complexity index is 1580. The number of fused-ring (bicyclic) bond motifs is 2. The number of pyridine rings is 1. The molecule has 0 saturated carbocycles.